The van der Waals surface area contributed by atoms with Crippen LogP contribution in [0.1, 0.15) is 24.3 Å². The molecule has 4 nitrogen and oxygen atoms in total. The number of likely N-dealkylation sites (N-methyl/N-ethyl adjacent to an activating group) is 1. The summed E-state index contributed by atoms with van der Waals surface area (Å²) < 4.78 is 5.58. The number of carbonyl (C=O) groups is 1. The van der Waals surface area contributed by atoms with E-state index in [0.717, 1.165) is 17.7 Å². The van der Waals surface area contributed by atoms with Crippen molar-refractivity contribution < 1.29 is 14.6 Å². The topological polar surface area (TPSA) is 58.6 Å². The number of hydrogen-bond acceptors (Lipinski definition) is 3. The largest absolute Gasteiger partial charge is 0.493 e. The van der Waals surface area contributed by atoms with Crippen molar-refractivity contribution in [3.63, 3.8) is 0 Å². The molecule has 0 aliphatic carbocycles. The lowest BCUT2D eigenvalue weighted by molar-refractivity contribution is -0.137. The molecule has 0 saturated heterocycles. The third kappa shape index (κ3) is 2.58. The number of fused-ring (bicyclic) bond motifs is 1. The third-order valence-electron chi connectivity index (χ3n) is 3.26. The molecule has 1 aromatic rings. The molecule has 1 aliphatic heterocycles. The van der Waals surface area contributed by atoms with Crippen LogP contribution in [0.3, 0.4) is 0 Å². The van der Waals surface area contributed by atoms with Crippen molar-refractivity contribution in [3.8, 4) is 5.75 Å². The van der Waals surface area contributed by atoms with Crippen molar-refractivity contribution in [1.29, 1.82) is 0 Å². The van der Waals surface area contributed by atoms with E-state index >= 15 is 0 Å². The Kier molecular flexibility index (Phi) is 3.64. The molecule has 2 rings (SSSR count). The van der Waals surface area contributed by atoms with E-state index in [0.29, 0.717) is 6.61 Å². The zero-order valence-corrected chi connectivity index (χ0v) is 9.85. The number of hydrogen-bond donors (Lipinski definition) is 2. The number of rotatable bonds is 4. The summed E-state index contributed by atoms with van der Waals surface area (Å²) in [6.07, 6.45) is 0.991. The molecule has 0 aromatic heterocycles. The second-order valence-corrected chi connectivity index (χ2v) is 4.27. The zero-order valence-electron chi connectivity index (χ0n) is 9.85. The molecule has 1 aliphatic rings. The number of ether oxygens (including phenoxy) is 1. The lowest BCUT2D eigenvalue weighted by atomic mass is 9.85. The number of aliphatic carboxylic acids is 1. The Labute approximate surface area is 101 Å². The van der Waals surface area contributed by atoms with Crippen LogP contribution in [-0.2, 0) is 4.79 Å². The molecule has 92 valence electrons. The number of para-hydroxylation sites is 1. The van der Waals surface area contributed by atoms with Crippen molar-refractivity contribution in [1.82, 2.24) is 5.32 Å². The first kappa shape index (κ1) is 11.9. The molecule has 0 bridgehead atoms. The van der Waals surface area contributed by atoms with Crippen LogP contribution < -0.4 is 10.1 Å². The molecular weight excluding hydrogens is 218 g/mol. The van der Waals surface area contributed by atoms with E-state index in [-0.39, 0.29) is 18.4 Å². The van der Waals surface area contributed by atoms with Gasteiger partial charge in [0.2, 0.25) is 0 Å². The minimum atomic E-state index is -0.770. The molecule has 1 aromatic carbocycles. The van der Waals surface area contributed by atoms with Gasteiger partial charge in [0.15, 0.2) is 0 Å². The summed E-state index contributed by atoms with van der Waals surface area (Å²) in [7, 11) is 1.81. The van der Waals surface area contributed by atoms with Crippen LogP contribution in [0.2, 0.25) is 0 Å². The second kappa shape index (κ2) is 5.19. The van der Waals surface area contributed by atoms with Gasteiger partial charge in [-0.1, -0.05) is 18.2 Å². The minimum Gasteiger partial charge on any atom is -0.493 e. The van der Waals surface area contributed by atoms with Gasteiger partial charge in [0.25, 0.3) is 0 Å². The molecule has 0 saturated carbocycles. The van der Waals surface area contributed by atoms with E-state index in [2.05, 4.69) is 5.32 Å². The summed E-state index contributed by atoms with van der Waals surface area (Å²) in [4.78, 5) is 10.9. The molecular formula is C13H17NO3. The number of benzene rings is 1. The highest BCUT2D eigenvalue weighted by Gasteiger charge is 2.29. The van der Waals surface area contributed by atoms with Gasteiger partial charge in [-0.3, -0.25) is 4.79 Å². The van der Waals surface area contributed by atoms with Gasteiger partial charge in [0.05, 0.1) is 13.0 Å². The van der Waals surface area contributed by atoms with Gasteiger partial charge >= 0.3 is 5.97 Å². The lowest BCUT2D eigenvalue weighted by Crippen LogP contribution is -2.36. The van der Waals surface area contributed by atoms with Crippen LogP contribution >= 0.6 is 0 Å². The standard InChI is InChI=1S/C13H17NO3/c1-14-11(8-13(15)16)9-6-7-17-12-5-3-2-4-10(9)12/h2-5,9,11,14H,6-8H2,1H3,(H,15,16). The van der Waals surface area contributed by atoms with Gasteiger partial charge in [-0.05, 0) is 25.1 Å². The first-order valence-electron chi connectivity index (χ1n) is 5.83. The summed E-state index contributed by atoms with van der Waals surface area (Å²) in [6.45, 7) is 0.652. The third-order valence-corrected chi connectivity index (χ3v) is 3.26. The molecule has 1 heterocycles. The van der Waals surface area contributed by atoms with Crippen molar-refractivity contribution in [2.75, 3.05) is 13.7 Å². The molecule has 0 radical (unpaired) electrons. The summed E-state index contributed by atoms with van der Waals surface area (Å²) >= 11 is 0. The highest BCUT2D eigenvalue weighted by molar-refractivity contribution is 5.67. The van der Waals surface area contributed by atoms with E-state index < -0.39 is 5.97 Å². The van der Waals surface area contributed by atoms with E-state index in [4.69, 9.17) is 9.84 Å². The van der Waals surface area contributed by atoms with E-state index in [1.165, 1.54) is 0 Å². The predicted octanol–water partition coefficient (Wildman–Crippen LogP) is 1.62. The quantitative estimate of drug-likeness (QED) is 0.832. The van der Waals surface area contributed by atoms with Gasteiger partial charge in [-0.2, -0.15) is 0 Å². The van der Waals surface area contributed by atoms with Crippen LogP contribution in [0.5, 0.6) is 5.75 Å². The molecule has 0 amide bonds. The molecule has 2 N–H and O–H groups in total. The van der Waals surface area contributed by atoms with E-state index in [9.17, 15) is 4.79 Å². The molecule has 0 spiro atoms. The molecule has 2 atom stereocenters. The number of carboxylic acid groups (broad SMARTS) is 1. The van der Waals surface area contributed by atoms with Crippen molar-refractivity contribution in [2.45, 2.75) is 24.8 Å². The smallest absolute Gasteiger partial charge is 0.304 e. The predicted molar refractivity (Wildman–Crippen MR) is 64.4 cm³/mol. The van der Waals surface area contributed by atoms with Gasteiger partial charge < -0.3 is 15.2 Å². The van der Waals surface area contributed by atoms with Crippen molar-refractivity contribution in [3.05, 3.63) is 29.8 Å². The fraction of sp³-hybridized carbons (Fsp3) is 0.462. The summed E-state index contributed by atoms with van der Waals surface area (Å²) in [5.41, 5.74) is 1.11. The summed E-state index contributed by atoms with van der Waals surface area (Å²) in [5, 5.41) is 12.0. The molecule has 4 heteroatoms. The SMILES string of the molecule is CNC(CC(=O)O)C1CCOc2ccccc21. The van der Waals surface area contributed by atoms with Gasteiger partial charge in [0.1, 0.15) is 5.75 Å². The first-order valence-corrected chi connectivity index (χ1v) is 5.83. The Morgan fingerprint density at radius 1 is 1.59 bits per heavy atom. The first-order chi connectivity index (χ1) is 8.22. The van der Waals surface area contributed by atoms with Crippen molar-refractivity contribution >= 4 is 5.97 Å². The Morgan fingerprint density at radius 3 is 3.06 bits per heavy atom. The minimum absolute atomic E-state index is 0.0439. The summed E-state index contributed by atoms with van der Waals surface area (Å²) in [5.74, 6) is 0.323. The van der Waals surface area contributed by atoms with E-state index in [1.54, 1.807) is 0 Å². The Bertz CT molecular complexity index is 405. The maximum absolute atomic E-state index is 10.9. The number of carboxylic acids is 1. The summed E-state index contributed by atoms with van der Waals surface area (Å²) in [6, 6.07) is 7.82. The molecule has 17 heavy (non-hydrogen) atoms. The normalized spacial score (nSPS) is 20.2. The lowest BCUT2D eigenvalue weighted by Gasteiger charge is -2.31. The highest BCUT2D eigenvalue weighted by atomic mass is 16.5. The average Bonchev–Trinajstić information content (AvgIpc) is 2.35. The Balaban J connectivity index is 2.24. The van der Waals surface area contributed by atoms with Crippen LogP contribution in [0.15, 0.2) is 24.3 Å². The highest BCUT2D eigenvalue weighted by Crippen LogP contribution is 2.36. The molecule has 2 unspecified atom stereocenters. The van der Waals surface area contributed by atoms with Crippen LogP contribution in [-0.4, -0.2) is 30.8 Å². The average molecular weight is 235 g/mol. The molecule has 0 fully saturated rings. The fourth-order valence-electron chi connectivity index (χ4n) is 2.42. The maximum atomic E-state index is 10.9. The van der Waals surface area contributed by atoms with E-state index in [1.807, 2.05) is 31.3 Å². The van der Waals surface area contributed by atoms with Crippen molar-refractivity contribution in [2.24, 2.45) is 0 Å². The Morgan fingerprint density at radius 2 is 2.35 bits per heavy atom. The number of nitrogens with one attached hydrogen (secondary N) is 1. The Hall–Kier alpha value is -1.55. The van der Waals surface area contributed by atoms with Crippen LogP contribution in [0.25, 0.3) is 0 Å². The second-order valence-electron chi connectivity index (χ2n) is 4.27. The maximum Gasteiger partial charge on any atom is 0.304 e. The monoisotopic (exact) mass is 235 g/mol. The van der Waals surface area contributed by atoms with Gasteiger partial charge in [-0.15, -0.1) is 0 Å². The fourth-order valence-corrected chi connectivity index (χ4v) is 2.42. The zero-order chi connectivity index (χ0) is 12.3. The van der Waals surface area contributed by atoms with Gasteiger partial charge in [0, 0.05) is 12.0 Å². The van der Waals surface area contributed by atoms with Gasteiger partial charge in [-0.25, -0.2) is 0 Å². The van der Waals surface area contributed by atoms with Crippen LogP contribution in [0, 0.1) is 0 Å². The van der Waals surface area contributed by atoms with Crippen LogP contribution in [0.4, 0.5) is 0 Å².